The lowest BCUT2D eigenvalue weighted by molar-refractivity contribution is -0.194. The molecule has 6 nitrogen and oxygen atoms in total. The maximum atomic E-state index is 11.3. The molecule has 1 aliphatic rings. The molecule has 6 heteroatoms. The van der Waals surface area contributed by atoms with Crippen LogP contribution >= 0.6 is 0 Å². The molecule has 0 saturated carbocycles. The Morgan fingerprint density at radius 2 is 2.23 bits per heavy atom. The number of furan rings is 1. The second kappa shape index (κ2) is 9.78. The topological polar surface area (TPSA) is 78.1 Å². The summed E-state index contributed by atoms with van der Waals surface area (Å²) in [5.74, 6) is -0.194. The molecule has 2 rings (SSSR count). The van der Waals surface area contributed by atoms with Crippen molar-refractivity contribution >= 4 is 5.97 Å². The van der Waals surface area contributed by atoms with Crippen LogP contribution < -0.4 is 0 Å². The third-order valence-corrected chi connectivity index (χ3v) is 4.23. The highest BCUT2D eigenvalue weighted by Crippen LogP contribution is 2.28. The molecule has 1 aromatic heterocycles. The Morgan fingerprint density at radius 3 is 2.81 bits per heavy atom. The van der Waals surface area contributed by atoms with Crippen molar-refractivity contribution in [3.05, 3.63) is 36.5 Å². The number of rotatable bonds is 9. The predicted molar refractivity (Wildman–Crippen MR) is 96.5 cm³/mol. The van der Waals surface area contributed by atoms with Gasteiger partial charge in [-0.2, -0.15) is 0 Å². The summed E-state index contributed by atoms with van der Waals surface area (Å²) >= 11 is 0. The van der Waals surface area contributed by atoms with E-state index in [0.29, 0.717) is 12.8 Å². The Labute approximate surface area is 155 Å². The normalized spacial score (nSPS) is 20.8. The van der Waals surface area contributed by atoms with Crippen LogP contribution in [0.25, 0.3) is 0 Å². The number of ether oxygens (including phenoxy) is 3. The van der Waals surface area contributed by atoms with Crippen LogP contribution in [0.3, 0.4) is 0 Å². The first-order valence-corrected chi connectivity index (χ1v) is 9.21. The zero-order valence-corrected chi connectivity index (χ0v) is 15.8. The summed E-state index contributed by atoms with van der Waals surface area (Å²) in [6, 6.07) is 3.74. The lowest BCUT2D eigenvalue weighted by Gasteiger charge is -2.27. The van der Waals surface area contributed by atoms with Gasteiger partial charge in [0.1, 0.15) is 11.9 Å². The Balaban J connectivity index is 1.85. The van der Waals surface area contributed by atoms with Crippen LogP contribution in [0.4, 0.5) is 0 Å². The lowest BCUT2D eigenvalue weighted by atomic mass is 9.89. The number of carboxylic acids is 1. The largest absolute Gasteiger partial charge is 0.486 e. The summed E-state index contributed by atoms with van der Waals surface area (Å²) < 4.78 is 22.6. The molecule has 0 bridgehead atoms. The van der Waals surface area contributed by atoms with Crippen LogP contribution in [0, 0.1) is 5.41 Å². The van der Waals surface area contributed by atoms with E-state index in [0.717, 1.165) is 31.6 Å². The smallest absolute Gasteiger partial charge is 0.345 e. The van der Waals surface area contributed by atoms with Crippen LogP contribution in [0.2, 0.25) is 0 Å². The molecular weight excluding hydrogens is 336 g/mol. The van der Waals surface area contributed by atoms with E-state index in [2.05, 4.69) is 0 Å². The summed E-state index contributed by atoms with van der Waals surface area (Å²) in [5, 5.41) is 9.26. The molecule has 1 N–H and O–H groups in total. The van der Waals surface area contributed by atoms with E-state index in [4.69, 9.17) is 18.6 Å². The molecule has 1 fully saturated rings. The molecular formula is C20H30O6. The molecule has 1 saturated heterocycles. The molecule has 0 aliphatic carbocycles. The molecule has 0 radical (unpaired) electrons. The van der Waals surface area contributed by atoms with Crippen molar-refractivity contribution < 1.29 is 28.5 Å². The van der Waals surface area contributed by atoms with Gasteiger partial charge in [-0.15, -0.1) is 0 Å². The summed E-state index contributed by atoms with van der Waals surface area (Å²) in [7, 11) is 0. The number of aliphatic carboxylic acids is 1. The molecule has 146 valence electrons. The lowest BCUT2D eigenvalue weighted by Crippen LogP contribution is -2.35. The number of allylic oxidation sites excluding steroid dienone is 1. The second-order valence-corrected chi connectivity index (χ2v) is 7.61. The molecule has 1 aromatic rings. The molecule has 2 heterocycles. The van der Waals surface area contributed by atoms with Crippen LogP contribution in [0.5, 0.6) is 0 Å². The van der Waals surface area contributed by atoms with Gasteiger partial charge in [-0.3, -0.25) is 0 Å². The zero-order chi connectivity index (χ0) is 19.0. The molecule has 26 heavy (non-hydrogen) atoms. The maximum absolute atomic E-state index is 11.3. The van der Waals surface area contributed by atoms with Gasteiger partial charge in [0.25, 0.3) is 0 Å². The quantitative estimate of drug-likeness (QED) is 0.640. The summed E-state index contributed by atoms with van der Waals surface area (Å²) in [6.45, 7) is 6.24. The number of hydrogen-bond acceptors (Lipinski definition) is 5. The third-order valence-electron chi connectivity index (χ3n) is 4.23. The maximum Gasteiger partial charge on any atom is 0.345 e. The molecule has 0 spiro atoms. The van der Waals surface area contributed by atoms with Gasteiger partial charge in [-0.25, -0.2) is 4.79 Å². The summed E-state index contributed by atoms with van der Waals surface area (Å²) in [5.41, 5.74) is -0.478. The number of hydrogen-bond donors (Lipinski definition) is 1. The van der Waals surface area contributed by atoms with Crippen LogP contribution in [-0.4, -0.2) is 30.1 Å². The van der Waals surface area contributed by atoms with E-state index in [1.165, 1.54) is 6.26 Å². The van der Waals surface area contributed by atoms with Crippen molar-refractivity contribution in [2.24, 2.45) is 5.41 Å². The molecule has 3 unspecified atom stereocenters. The van der Waals surface area contributed by atoms with Crippen LogP contribution in [-0.2, 0) is 19.0 Å². The van der Waals surface area contributed by atoms with Gasteiger partial charge in [-0.1, -0.05) is 20.8 Å². The number of carboxylic acid groups (broad SMARTS) is 1. The van der Waals surface area contributed by atoms with Gasteiger partial charge in [0.15, 0.2) is 12.4 Å². The van der Waals surface area contributed by atoms with Gasteiger partial charge in [0.2, 0.25) is 0 Å². The van der Waals surface area contributed by atoms with Gasteiger partial charge < -0.3 is 23.7 Å². The van der Waals surface area contributed by atoms with Gasteiger partial charge >= 0.3 is 5.97 Å². The van der Waals surface area contributed by atoms with Gasteiger partial charge in [0, 0.05) is 12.0 Å². The highest BCUT2D eigenvalue weighted by molar-refractivity contribution is 5.73. The van der Waals surface area contributed by atoms with Crippen molar-refractivity contribution in [2.75, 3.05) is 6.61 Å². The monoisotopic (exact) mass is 366 g/mol. The first kappa shape index (κ1) is 20.5. The van der Waals surface area contributed by atoms with Gasteiger partial charge in [-0.05, 0) is 50.3 Å². The van der Waals surface area contributed by atoms with Crippen LogP contribution in [0.1, 0.15) is 64.7 Å². The summed E-state index contributed by atoms with van der Waals surface area (Å²) in [4.78, 5) is 11.3. The van der Waals surface area contributed by atoms with E-state index < -0.39 is 17.5 Å². The highest BCUT2D eigenvalue weighted by atomic mass is 16.7. The molecule has 0 amide bonds. The molecule has 0 aromatic carbocycles. The van der Waals surface area contributed by atoms with Crippen molar-refractivity contribution in [3.8, 4) is 0 Å². The van der Waals surface area contributed by atoms with Crippen molar-refractivity contribution in [1.29, 1.82) is 0 Å². The van der Waals surface area contributed by atoms with Gasteiger partial charge in [0.05, 0.1) is 12.5 Å². The second-order valence-electron chi connectivity index (χ2n) is 7.61. The zero-order valence-electron chi connectivity index (χ0n) is 15.8. The first-order chi connectivity index (χ1) is 12.4. The van der Waals surface area contributed by atoms with E-state index in [1.807, 2.05) is 39.0 Å². The van der Waals surface area contributed by atoms with E-state index in [1.54, 1.807) is 6.26 Å². The Bertz CT molecular complexity index is 551. The Morgan fingerprint density at radius 1 is 1.42 bits per heavy atom. The average molecular weight is 366 g/mol. The Kier molecular flexibility index (Phi) is 7.72. The summed E-state index contributed by atoms with van der Waals surface area (Å²) in [6.07, 6.45) is 8.09. The fraction of sp³-hybridized carbons (Fsp3) is 0.650. The first-order valence-electron chi connectivity index (χ1n) is 9.21. The van der Waals surface area contributed by atoms with Crippen LogP contribution in [0.15, 0.2) is 35.2 Å². The van der Waals surface area contributed by atoms with Crippen molar-refractivity contribution in [3.63, 3.8) is 0 Å². The predicted octanol–water partition coefficient (Wildman–Crippen LogP) is 4.67. The fourth-order valence-electron chi connectivity index (χ4n) is 2.84. The van der Waals surface area contributed by atoms with E-state index >= 15 is 0 Å². The Hall–Kier alpha value is -1.79. The third kappa shape index (κ3) is 6.50. The van der Waals surface area contributed by atoms with Crippen molar-refractivity contribution in [2.45, 2.75) is 71.4 Å². The van der Waals surface area contributed by atoms with Crippen molar-refractivity contribution in [1.82, 2.24) is 0 Å². The number of carbonyl (C=O) groups is 1. The minimum Gasteiger partial charge on any atom is -0.486 e. The molecule has 3 atom stereocenters. The SMILES string of the molecule is CC(C)(C)C(O/C=C\CCC(OC1CCCCO1)c1ccco1)C(=O)O. The fourth-order valence-corrected chi connectivity index (χ4v) is 2.84. The molecule has 1 aliphatic heterocycles. The minimum absolute atomic E-state index is 0.198. The average Bonchev–Trinajstić information content (AvgIpc) is 3.10. The van der Waals surface area contributed by atoms with E-state index in [-0.39, 0.29) is 12.4 Å². The van der Waals surface area contributed by atoms with E-state index in [9.17, 15) is 9.90 Å². The standard InChI is InChI=1S/C20H30O6/c1-20(2,3)18(19(21)22)25-13-6-4-9-16(15-10-8-14-23-15)26-17-11-5-7-12-24-17/h6,8,10,13-14,16-18H,4-5,7,9,11-12H2,1-3H3,(H,21,22)/b13-6-. The minimum atomic E-state index is -0.964. The highest BCUT2D eigenvalue weighted by Gasteiger charge is 2.32.